The first-order valence-corrected chi connectivity index (χ1v) is 12.8. The van der Waals surface area contributed by atoms with Crippen molar-refractivity contribution in [2.75, 3.05) is 19.9 Å². The molecule has 0 heterocycles. The predicted octanol–water partition coefficient (Wildman–Crippen LogP) is 5.53. The highest BCUT2D eigenvalue weighted by molar-refractivity contribution is 5.47. The Kier molecular flexibility index (Phi) is 15.8. The van der Waals surface area contributed by atoms with Crippen LogP contribution in [0, 0.1) is 0 Å². The lowest BCUT2D eigenvalue weighted by Crippen LogP contribution is -2.37. The molecule has 0 spiro atoms. The molecule has 37 heavy (non-hydrogen) atoms. The molecule has 202 valence electrons. The van der Waals surface area contributed by atoms with Crippen LogP contribution < -0.4 is 5.73 Å². The summed E-state index contributed by atoms with van der Waals surface area (Å²) >= 11 is 0. The van der Waals surface area contributed by atoms with E-state index < -0.39 is 12.4 Å². The summed E-state index contributed by atoms with van der Waals surface area (Å²) < 4.78 is 13.1. The Morgan fingerprint density at radius 2 is 1.22 bits per heavy atom. The fraction of sp³-hybridized carbons (Fsp3) is 0.355. The predicted molar refractivity (Wildman–Crippen MR) is 150 cm³/mol. The number of nitrogens with two attached hydrogens (primary N) is 1. The Labute approximate surface area is 222 Å². The van der Waals surface area contributed by atoms with Gasteiger partial charge in [-0.05, 0) is 30.0 Å². The third kappa shape index (κ3) is 9.11. The smallest absolute Gasteiger partial charge is 0.143 e. The van der Waals surface area contributed by atoms with Crippen LogP contribution in [0.2, 0.25) is 0 Å². The minimum absolute atomic E-state index is 0.165. The van der Waals surface area contributed by atoms with Gasteiger partial charge in [0.05, 0.1) is 25.1 Å². The summed E-state index contributed by atoms with van der Waals surface area (Å²) in [6.45, 7) is 7.84. The Balaban J connectivity index is 0.00000127. The van der Waals surface area contributed by atoms with Gasteiger partial charge >= 0.3 is 0 Å². The molecule has 0 saturated carbocycles. The van der Waals surface area contributed by atoms with Gasteiger partial charge in [0, 0.05) is 12.1 Å². The van der Waals surface area contributed by atoms with Crippen molar-refractivity contribution in [3.63, 3.8) is 0 Å². The second kappa shape index (κ2) is 18.3. The largest absolute Gasteiger partial charge is 0.515 e. The summed E-state index contributed by atoms with van der Waals surface area (Å²) in [5.74, 6) is 0. The summed E-state index contributed by atoms with van der Waals surface area (Å²) in [5.41, 5.74) is 8.77. The SMILES string of the molecule is CC.CC[C@@H](COC(c1ccccc1)(c1ccccc1)c1ccccc1)OC(C)/C(=C/O)CN.OCO. The summed E-state index contributed by atoms with van der Waals surface area (Å²) in [6, 6.07) is 30.9. The number of ether oxygens (including phenoxy) is 2. The molecule has 0 aliphatic carbocycles. The molecule has 3 aromatic carbocycles. The molecule has 0 aromatic heterocycles. The Morgan fingerprint density at radius 1 is 0.838 bits per heavy atom. The zero-order valence-electron chi connectivity index (χ0n) is 22.5. The molecule has 2 atom stereocenters. The first kappa shape index (κ1) is 32.0. The van der Waals surface area contributed by atoms with Crippen LogP contribution in [0.4, 0.5) is 0 Å². The lowest BCUT2D eigenvalue weighted by atomic mass is 9.80. The maximum atomic E-state index is 9.43. The fourth-order valence-corrected chi connectivity index (χ4v) is 3.94. The van der Waals surface area contributed by atoms with Crippen LogP contribution in [0.25, 0.3) is 0 Å². The van der Waals surface area contributed by atoms with E-state index in [4.69, 9.17) is 25.4 Å². The van der Waals surface area contributed by atoms with Crippen molar-refractivity contribution in [2.24, 2.45) is 5.73 Å². The van der Waals surface area contributed by atoms with Crippen molar-refractivity contribution < 1.29 is 24.8 Å². The van der Waals surface area contributed by atoms with E-state index in [2.05, 4.69) is 43.3 Å². The van der Waals surface area contributed by atoms with Crippen LogP contribution in [0.15, 0.2) is 103 Å². The Hall–Kier alpha value is -3.00. The van der Waals surface area contributed by atoms with Gasteiger partial charge in [0.25, 0.3) is 0 Å². The minimum atomic E-state index is -0.784. The van der Waals surface area contributed by atoms with Crippen molar-refractivity contribution in [3.05, 3.63) is 120 Å². The topological polar surface area (TPSA) is 105 Å². The van der Waals surface area contributed by atoms with Gasteiger partial charge in [-0.1, -0.05) is 112 Å². The second-order valence-corrected chi connectivity index (χ2v) is 7.95. The van der Waals surface area contributed by atoms with Gasteiger partial charge in [0.15, 0.2) is 0 Å². The fourth-order valence-electron chi connectivity index (χ4n) is 3.94. The van der Waals surface area contributed by atoms with Gasteiger partial charge in [-0.25, -0.2) is 0 Å². The number of rotatable bonds is 11. The van der Waals surface area contributed by atoms with E-state index in [0.717, 1.165) is 29.4 Å². The van der Waals surface area contributed by atoms with Crippen molar-refractivity contribution in [2.45, 2.75) is 51.9 Å². The van der Waals surface area contributed by atoms with Gasteiger partial charge in [0.2, 0.25) is 0 Å². The Bertz CT molecular complexity index is 884. The van der Waals surface area contributed by atoms with E-state index in [9.17, 15) is 5.11 Å². The van der Waals surface area contributed by atoms with E-state index in [-0.39, 0.29) is 18.8 Å². The maximum absolute atomic E-state index is 9.43. The van der Waals surface area contributed by atoms with Gasteiger partial charge in [-0.15, -0.1) is 0 Å². The van der Waals surface area contributed by atoms with Crippen molar-refractivity contribution in [1.82, 2.24) is 0 Å². The zero-order valence-corrected chi connectivity index (χ0v) is 22.5. The highest BCUT2D eigenvalue weighted by atomic mass is 16.5. The third-order valence-electron chi connectivity index (χ3n) is 5.80. The number of hydrogen-bond donors (Lipinski definition) is 4. The van der Waals surface area contributed by atoms with Crippen molar-refractivity contribution in [3.8, 4) is 0 Å². The normalized spacial score (nSPS) is 12.9. The van der Waals surface area contributed by atoms with E-state index in [1.807, 2.05) is 75.4 Å². The molecular formula is C31H43NO5. The number of benzene rings is 3. The molecule has 6 heteroatoms. The molecule has 3 rings (SSSR count). The molecule has 0 amide bonds. The van der Waals surface area contributed by atoms with Crippen LogP contribution in [-0.4, -0.2) is 47.5 Å². The monoisotopic (exact) mass is 509 g/mol. The zero-order chi connectivity index (χ0) is 27.5. The average molecular weight is 510 g/mol. The van der Waals surface area contributed by atoms with E-state index >= 15 is 0 Å². The van der Waals surface area contributed by atoms with E-state index in [0.29, 0.717) is 12.2 Å². The molecule has 0 fully saturated rings. The molecular weight excluding hydrogens is 466 g/mol. The maximum Gasteiger partial charge on any atom is 0.143 e. The van der Waals surface area contributed by atoms with Crippen LogP contribution in [0.3, 0.4) is 0 Å². The molecule has 0 aliphatic heterocycles. The average Bonchev–Trinajstić information content (AvgIpc) is 2.96. The third-order valence-corrected chi connectivity index (χ3v) is 5.80. The quantitative estimate of drug-likeness (QED) is 0.154. The Morgan fingerprint density at radius 3 is 1.51 bits per heavy atom. The lowest BCUT2D eigenvalue weighted by molar-refractivity contribution is -0.0794. The van der Waals surface area contributed by atoms with E-state index in [1.54, 1.807) is 0 Å². The van der Waals surface area contributed by atoms with Gasteiger partial charge < -0.3 is 30.5 Å². The number of aliphatic hydroxyl groups is 3. The van der Waals surface area contributed by atoms with Crippen LogP contribution >= 0.6 is 0 Å². The van der Waals surface area contributed by atoms with Crippen LogP contribution in [0.5, 0.6) is 0 Å². The second-order valence-electron chi connectivity index (χ2n) is 7.95. The molecule has 0 saturated heterocycles. The number of aliphatic hydroxyl groups excluding tert-OH is 2. The molecule has 6 nitrogen and oxygen atoms in total. The molecule has 0 bridgehead atoms. The summed E-state index contributed by atoms with van der Waals surface area (Å²) in [4.78, 5) is 0. The highest BCUT2D eigenvalue weighted by Gasteiger charge is 2.38. The molecule has 1 unspecified atom stereocenters. The van der Waals surface area contributed by atoms with Crippen molar-refractivity contribution in [1.29, 1.82) is 0 Å². The molecule has 5 N–H and O–H groups in total. The molecule has 0 radical (unpaired) electrons. The molecule has 3 aromatic rings. The first-order chi connectivity index (χ1) is 18.1. The van der Waals surface area contributed by atoms with Crippen LogP contribution in [-0.2, 0) is 15.1 Å². The summed E-state index contributed by atoms with van der Waals surface area (Å²) in [5, 5.41) is 23.7. The van der Waals surface area contributed by atoms with Crippen LogP contribution in [0.1, 0.15) is 50.8 Å². The van der Waals surface area contributed by atoms with E-state index in [1.165, 1.54) is 0 Å². The van der Waals surface area contributed by atoms with Gasteiger partial charge in [0.1, 0.15) is 12.4 Å². The standard InChI is InChI=1S/C28H33NO3.C2H6.CH4O2/c1-3-27(32-22(2)23(19-29)20-30)21-31-28(24-13-7-4-8-14-24,25-15-9-5-10-16-25)26-17-11-6-12-18-26;1-2;2-1-3/h4-18,20,22,27,30H,3,19,21,29H2,1-2H3;1-2H3;2-3H,1H2/b23-20+;;/t22?,27-;;/m0../s1. The highest BCUT2D eigenvalue weighted by Crippen LogP contribution is 2.40. The summed E-state index contributed by atoms with van der Waals surface area (Å²) in [6.07, 6.45) is 1.35. The molecule has 0 aliphatic rings. The summed E-state index contributed by atoms with van der Waals surface area (Å²) in [7, 11) is 0. The van der Waals surface area contributed by atoms with Gasteiger partial charge in [-0.3, -0.25) is 0 Å². The lowest BCUT2D eigenvalue weighted by Gasteiger charge is -2.37. The van der Waals surface area contributed by atoms with Crippen molar-refractivity contribution >= 4 is 0 Å². The minimum Gasteiger partial charge on any atom is -0.515 e. The number of hydrogen-bond acceptors (Lipinski definition) is 6. The first-order valence-electron chi connectivity index (χ1n) is 12.8. The van der Waals surface area contributed by atoms with Gasteiger partial charge in [-0.2, -0.15) is 0 Å².